The number of nitrogens with zero attached hydrogens (tertiary/aromatic N) is 1. The molecule has 0 aliphatic carbocycles. The van der Waals surface area contributed by atoms with Gasteiger partial charge in [-0.3, -0.25) is 9.36 Å². The molecule has 1 heterocycles. The second kappa shape index (κ2) is 3.55. The van der Waals surface area contributed by atoms with E-state index in [0.717, 1.165) is 14.3 Å². The van der Waals surface area contributed by atoms with Crippen LogP contribution in [0.1, 0.15) is 11.7 Å². The van der Waals surface area contributed by atoms with Crippen LogP contribution >= 0.6 is 34.2 Å². The summed E-state index contributed by atoms with van der Waals surface area (Å²) in [5, 5.41) is 2.76. The smallest absolute Gasteiger partial charge is 0.227 e. The van der Waals surface area contributed by atoms with Gasteiger partial charge >= 0.3 is 0 Å². The van der Waals surface area contributed by atoms with Gasteiger partial charge < -0.3 is 0 Å². The highest BCUT2D eigenvalue weighted by molar-refractivity contribution is 14.1. The topological polar surface area (TPSA) is 22.0 Å². The first-order valence-electron chi connectivity index (χ1n) is 4.05. The van der Waals surface area contributed by atoms with Crippen LogP contribution in [-0.2, 0) is 0 Å². The highest BCUT2D eigenvalue weighted by Gasteiger charge is 2.05. The molecule has 0 spiro atoms. The van der Waals surface area contributed by atoms with Crippen molar-refractivity contribution in [3.63, 3.8) is 0 Å². The molecule has 0 amide bonds. The van der Waals surface area contributed by atoms with Gasteiger partial charge in [-0.25, -0.2) is 0 Å². The molecule has 0 saturated carbocycles. The third kappa shape index (κ3) is 1.66. The predicted octanol–water partition coefficient (Wildman–Crippen LogP) is 3.56. The molecule has 0 aliphatic rings. The maximum Gasteiger partial charge on any atom is 0.227 e. The van der Waals surface area contributed by atoms with Crippen molar-refractivity contribution in [2.45, 2.75) is 6.92 Å². The molecule has 0 fully saturated rings. The molecule has 0 saturated heterocycles. The molecule has 1 aromatic heterocycles. The Morgan fingerprint density at radius 2 is 2.14 bits per heavy atom. The molecule has 0 bridgehead atoms. The lowest BCUT2D eigenvalue weighted by Crippen LogP contribution is -2.00. The Kier molecular flexibility index (Phi) is 2.53. The van der Waals surface area contributed by atoms with E-state index >= 15 is 0 Å². The van der Waals surface area contributed by atoms with Gasteiger partial charge in [-0.15, -0.1) is 0 Å². The second-order valence-electron chi connectivity index (χ2n) is 3.08. The van der Waals surface area contributed by atoms with E-state index in [9.17, 15) is 4.79 Å². The molecular formula is C10H7ClINO. The van der Waals surface area contributed by atoms with Gasteiger partial charge in [-0.2, -0.15) is 0 Å². The first-order chi connectivity index (χ1) is 6.58. The van der Waals surface area contributed by atoms with E-state index in [1.165, 1.54) is 6.92 Å². The first-order valence-corrected chi connectivity index (χ1v) is 5.51. The summed E-state index contributed by atoms with van der Waals surface area (Å²) in [4.78, 5) is 11.1. The maximum atomic E-state index is 11.1. The van der Waals surface area contributed by atoms with E-state index in [2.05, 4.69) is 22.6 Å². The largest absolute Gasteiger partial charge is 0.294 e. The van der Waals surface area contributed by atoms with Crippen LogP contribution in [0.5, 0.6) is 0 Å². The highest BCUT2D eigenvalue weighted by atomic mass is 127. The van der Waals surface area contributed by atoms with E-state index in [4.69, 9.17) is 11.6 Å². The zero-order valence-electron chi connectivity index (χ0n) is 7.42. The fourth-order valence-electron chi connectivity index (χ4n) is 1.36. The van der Waals surface area contributed by atoms with Crippen molar-refractivity contribution in [3.05, 3.63) is 33.1 Å². The third-order valence-electron chi connectivity index (χ3n) is 2.04. The number of halogens is 2. The van der Waals surface area contributed by atoms with Gasteiger partial charge in [-0.05, 0) is 34.7 Å². The third-order valence-corrected chi connectivity index (χ3v) is 3.15. The Bertz CT molecular complexity index is 518. The predicted molar refractivity (Wildman–Crippen MR) is 66.0 cm³/mol. The lowest BCUT2D eigenvalue weighted by Gasteiger charge is -1.94. The van der Waals surface area contributed by atoms with Crippen molar-refractivity contribution in [1.82, 2.24) is 4.57 Å². The number of hydrogen-bond acceptors (Lipinski definition) is 1. The zero-order chi connectivity index (χ0) is 10.3. The van der Waals surface area contributed by atoms with E-state index in [1.54, 1.807) is 10.8 Å². The molecule has 1 aromatic carbocycles. The van der Waals surface area contributed by atoms with Crippen LogP contribution in [0.3, 0.4) is 0 Å². The summed E-state index contributed by atoms with van der Waals surface area (Å²) < 4.78 is 2.63. The van der Waals surface area contributed by atoms with Gasteiger partial charge in [0.15, 0.2) is 0 Å². The summed E-state index contributed by atoms with van der Waals surface area (Å²) in [6.07, 6.45) is 3.63. The monoisotopic (exact) mass is 319 g/mol. The number of fused-ring (bicyclic) bond motifs is 1. The number of aromatic nitrogens is 1. The zero-order valence-corrected chi connectivity index (χ0v) is 10.3. The molecule has 2 rings (SSSR count). The Morgan fingerprint density at radius 1 is 1.43 bits per heavy atom. The van der Waals surface area contributed by atoms with Crippen LogP contribution in [0.4, 0.5) is 0 Å². The number of carbonyl (C=O) groups is 1. The van der Waals surface area contributed by atoms with Gasteiger partial charge in [-0.1, -0.05) is 11.6 Å². The van der Waals surface area contributed by atoms with E-state index in [-0.39, 0.29) is 5.91 Å². The van der Waals surface area contributed by atoms with Gasteiger partial charge in [0.05, 0.1) is 0 Å². The second-order valence-corrected chi connectivity index (χ2v) is 4.67. The Morgan fingerprint density at radius 3 is 2.79 bits per heavy atom. The molecule has 0 N–H and O–H groups in total. The molecule has 2 aromatic rings. The molecule has 14 heavy (non-hydrogen) atoms. The van der Waals surface area contributed by atoms with Crippen LogP contribution in [-0.4, -0.2) is 10.5 Å². The van der Waals surface area contributed by atoms with Crippen molar-refractivity contribution in [2.24, 2.45) is 0 Å². The van der Waals surface area contributed by atoms with E-state index < -0.39 is 0 Å². The lowest BCUT2D eigenvalue weighted by molar-refractivity contribution is 0.0937. The average Bonchev–Trinajstić information content (AvgIpc) is 2.47. The summed E-state index contributed by atoms with van der Waals surface area (Å²) in [5.41, 5.74) is 0. The minimum absolute atomic E-state index is 0.00752. The number of benzene rings is 1. The summed E-state index contributed by atoms with van der Waals surface area (Å²) >= 11 is 8.13. The molecule has 0 atom stereocenters. The standard InChI is InChI=1S/C10H7ClINO/c1-6(14)13-4-7-2-8(11)3-10(12)9(7)5-13/h2-5H,1H3. The molecule has 0 radical (unpaired) electrons. The molecule has 0 unspecified atom stereocenters. The number of rotatable bonds is 0. The van der Waals surface area contributed by atoms with Crippen molar-refractivity contribution in [1.29, 1.82) is 0 Å². The van der Waals surface area contributed by atoms with Gasteiger partial charge in [0.1, 0.15) is 0 Å². The Hall–Kier alpha value is -0.550. The Labute approximate surface area is 100.0 Å². The normalized spacial score (nSPS) is 10.8. The fourth-order valence-corrected chi connectivity index (χ4v) is 2.55. The summed E-state index contributed by atoms with van der Waals surface area (Å²) in [5.74, 6) is 0.00752. The van der Waals surface area contributed by atoms with Crippen LogP contribution in [0.25, 0.3) is 10.8 Å². The molecule has 4 heteroatoms. The SMILES string of the molecule is CC(=O)n1cc2cc(Cl)cc(I)c2c1. The summed E-state index contributed by atoms with van der Waals surface area (Å²) in [7, 11) is 0. The quantitative estimate of drug-likeness (QED) is 0.681. The van der Waals surface area contributed by atoms with Crippen molar-refractivity contribution >= 4 is 50.9 Å². The molecular weight excluding hydrogens is 312 g/mol. The molecule has 2 nitrogen and oxygen atoms in total. The van der Waals surface area contributed by atoms with Crippen LogP contribution < -0.4 is 0 Å². The molecule has 0 aliphatic heterocycles. The van der Waals surface area contributed by atoms with Crippen LogP contribution in [0, 0.1) is 3.57 Å². The van der Waals surface area contributed by atoms with Crippen LogP contribution in [0.15, 0.2) is 24.5 Å². The van der Waals surface area contributed by atoms with Crippen molar-refractivity contribution in [3.8, 4) is 0 Å². The fraction of sp³-hybridized carbons (Fsp3) is 0.100. The minimum atomic E-state index is 0.00752. The van der Waals surface area contributed by atoms with E-state index in [0.29, 0.717) is 5.02 Å². The van der Waals surface area contributed by atoms with Gasteiger partial charge in [0.2, 0.25) is 5.91 Å². The van der Waals surface area contributed by atoms with Gasteiger partial charge in [0.25, 0.3) is 0 Å². The lowest BCUT2D eigenvalue weighted by atomic mass is 10.2. The average molecular weight is 320 g/mol. The van der Waals surface area contributed by atoms with Crippen molar-refractivity contribution < 1.29 is 4.79 Å². The molecule has 72 valence electrons. The van der Waals surface area contributed by atoms with E-state index in [1.807, 2.05) is 18.3 Å². The van der Waals surface area contributed by atoms with Crippen LogP contribution in [0.2, 0.25) is 5.02 Å². The minimum Gasteiger partial charge on any atom is -0.294 e. The maximum absolute atomic E-state index is 11.1. The Balaban J connectivity index is 2.76. The first kappa shape index (κ1) is 9.98. The number of carbonyl (C=O) groups excluding carboxylic acids is 1. The summed E-state index contributed by atoms with van der Waals surface area (Å²) in [6, 6.07) is 3.74. The van der Waals surface area contributed by atoms with Gasteiger partial charge in [0, 0.05) is 38.7 Å². The van der Waals surface area contributed by atoms with Crippen molar-refractivity contribution in [2.75, 3.05) is 0 Å². The highest BCUT2D eigenvalue weighted by Crippen LogP contribution is 2.26. The summed E-state index contributed by atoms with van der Waals surface area (Å²) in [6.45, 7) is 1.54. The number of hydrogen-bond donors (Lipinski definition) is 0.